The molecule has 3 nitrogen and oxygen atoms in total. The molecule has 0 aliphatic heterocycles. The third-order valence-corrected chi connectivity index (χ3v) is 11.8. The largest absolute Gasteiger partial charge is 0.462 e. The summed E-state index contributed by atoms with van der Waals surface area (Å²) in [4.78, 5) is 12.2. The molecule has 0 spiro atoms. The molecule has 0 fully saturated rings. The smallest absolute Gasteiger partial charge is 0.306 e. The molecule has 4 heteroatoms. The van der Waals surface area contributed by atoms with Crippen molar-refractivity contribution >= 4 is 14.3 Å². The Kier molecular flexibility index (Phi) is 20.2. The quantitative estimate of drug-likeness (QED) is 0.0647. The van der Waals surface area contributed by atoms with Crippen LogP contribution in [0.4, 0.5) is 0 Å². The number of allylic oxidation sites excluding steroid dienone is 1. The van der Waals surface area contributed by atoms with Crippen LogP contribution in [0.5, 0.6) is 0 Å². The van der Waals surface area contributed by atoms with E-state index >= 15 is 0 Å². The van der Waals surface area contributed by atoms with Gasteiger partial charge in [-0.15, -0.1) is 0 Å². The Morgan fingerprint density at radius 2 is 1.38 bits per heavy atom. The van der Waals surface area contributed by atoms with E-state index in [1.165, 1.54) is 57.8 Å². The summed E-state index contributed by atoms with van der Waals surface area (Å²) in [6.45, 7) is 16.9. The van der Waals surface area contributed by atoms with E-state index < -0.39 is 8.32 Å². The van der Waals surface area contributed by atoms with Gasteiger partial charge in [-0.1, -0.05) is 105 Å². The van der Waals surface area contributed by atoms with Crippen LogP contribution >= 0.6 is 0 Å². The Morgan fingerprint density at radius 1 is 0.794 bits per heavy atom. The Hall–Kier alpha value is -0.613. The highest BCUT2D eigenvalue weighted by atomic mass is 28.4. The first-order valence-corrected chi connectivity index (χ1v) is 17.5. The molecular formula is C30H60O3Si. The number of carbonyl (C=O) groups excluding carboxylic acids is 1. The lowest BCUT2D eigenvalue weighted by Crippen LogP contribution is -2.40. The molecule has 0 rings (SSSR count). The van der Waals surface area contributed by atoms with Crippen molar-refractivity contribution in [1.29, 1.82) is 0 Å². The van der Waals surface area contributed by atoms with Crippen LogP contribution in [0, 0.1) is 0 Å². The van der Waals surface area contributed by atoms with Gasteiger partial charge in [0.25, 0.3) is 0 Å². The maximum atomic E-state index is 12.2. The molecule has 0 N–H and O–H groups in total. The molecule has 0 amide bonds. The lowest BCUT2D eigenvalue weighted by atomic mass is 10.1. The predicted molar refractivity (Wildman–Crippen MR) is 152 cm³/mol. The van der Waals surface area contributed by atoms with E-state index in [1.807, 2.05) is 0 Å². The van der Waals surface area contributed by atoms with Crippen LogP contribution in [0.1, 0.15) is 144 Å². The summed E-state index contributed by atoms with van der Waals surface area (Å²) < 4.78 is 12.1. The van der Waals surface area contributed by atoms with Gasteiger partial charge < -0.3 is 9.16 Å². The highest BCUT2D eigenvalue weighted by Gasteiger charge is 2.36. The van der Waals surface area contributed by atoms with Crippen LogP contribution in [-0.4, -0.2) is 27.0 Å². The number of rotatable bonds is 22. The number of hydrogen-bond acceptors (Lipinski definition) is 3. The fourth-order valence-electron chi connectivity index (χ4n) is 3.77. The number of esters is 1. The minimum Gasteiger partial charge on any atom is -0.462 e. The SMILES string of the molecule is CCCCCC[C@H](C/C=C\CCCCCCCCO[Si](C)(C)C(C)(C)C)OC(=O)CCCCC. The summed E-state index contributed by atoms with van der Waals surface area (Å²) >= 11 is 0. The van der Waals surface area contributed by atoms with Gasteiger partial charge in [-0.3, -0.25) is 4.79 Å². The zero-order valence-corrected chi connectivity index (χ0v) is 25.2. The lowest BCUT2D eigenvalue weighted by molar-refractivity contribution is -0.149. The van der Waals surface area contributed by atoms with Gasteiger partial charge in [0.1, 0.15) is 6.10 Å². The molecule has 1 atom stereocenters. The van der Waals surface area contributed by atoms with Crippen LogP contribution in [0.3, 0.4) is 0 Å². The van der Waals surface area contributed by atoms with Gasteiger partial charge in [-0.05, 0) is 56.7 Å². The minimum atomic E-state index is -1.57. The third-order valence-electron chi connectivity index (χ3n) is 7.26. The van der Waals surface area contributed by atoms with Crippen molar-refractivity contribution in [2.75, 3.05) is 6.61 Å². The second-order valence-corrected chi connectivity index (χ2v) is 16.5. The molecule has 0 heterocycles. The number of carbonyl (C=O) groups is 1. The van der Waals surface area contributed by atoms with Crippen LogP contribution in [0.25, 0.3) is 0 Å². The summed E-state index contributed by atoms with van der Waals surface area (Å²) in [6.07, 6.45) is 24.0. The van der Waals surface area contributed by atoms with Gasteiger partial charge in [0.05, 0.1) is 0 Å². The van der Waals surface area contributed by atoms with E-state index in [0.717, 1.165) is 51.6 Å². The maximum absolute atomic E-state index is 12.2. The summed E-state index contributed by atoms with van der Waals surface area (Å²) in [7, 11) is -1.57. The molecule has 0 radical (unpaired) electrons. The average molecular weight is 497 g/mol. The second kappa shape index (κ2) is 20.6. The molecule has 0 aliphatic carbocycles. The van der Waals surface area contributed by atoms with E-state index in [9.17, 15) is 4.79 Å². The van der Waals surface area contributed by atoms with Crippen LogP contribution in [0.2, 0.25) is 18.1 Å². The molecule has 0 saturated heterocycles. The van der Waals surface area contributed by atoms with E-state index in [2.05, 4.69) is 59.9 Å². The van der Waals surface area contributed by atoms with Crippen LogP contribution in [-0.2, 0) is 14.0 Å². The first-order valence-electron chi connectivity index (χ1n) is 14.6. The monoisotopic (exact) mass is 496 g/mol. The van der Waals surface area contributed by atoms with Gasteiger partial charge in [0.2, 0.25) is 0 Å². The van der Waals surface area contributed by atoms with Crippen molar-refractivity contribution in [3.05, 3.63) is 12.2 Å². The third kappa shape index (κ3) is 18.7. The Morgan fingerprint density at radius 3 is 2.03 bits per heavy atom. The maximum Gasteiger partial charge on any atom is 0.306 e. The molecule has 0 saturated carbocycles. The lowest BCUT2D eigenvalue weighted by Gasteiger charge is -2.36. The van der Waals surface area contributed by atoms with Crippen molar-refractivity contribution in [3.8, 4) is 0 Å². The van der Waals surface area contributed by atoms with Crippen LogP contribution < -0.4 is 0 Å². The topological polar surface area (TPSA) is 35.5 Å². The van der Waals surface area contributed by atoms with E-state index in [4.69, 9.17) is 9.16 Å². The van der Waals surface area contributed by atoms with Crippen molar-refractivity contribution in [3.63, 3.8) is 0 Å². The molecule has 0 aromatic carbocycles. The normalized spacial score (nSPS) is 13.5. The zero-order chi connectivity index (χ0) is 25.7. The van der Waals surface area contributed by atoms with Gasteiger partial charge in [0.15, 0.2) is 8.32 Å². The van der Waals surface area contributed by atoms with Crippen LogP contribution in [0.15, 0.2) is 12.2 Å². The molecule has 0 unspecified atom stereocenters. The molecule has 0 aromatic rings. The molecule has 34 heavy (non-hydrogen) atoms. The summed E-state index contributed by atoms with van der Waals surface area (Å²) in [6, 6.07) is 0. The number of hydrogen-bond donors (Lipinski definition) is 0. The van der Waals surface area contributed by atoms with Gasteiger partial charge in [-0.2, -0.15) is 0 Å². The van der Waals surface area contributed by atoms with E-state index in [0.29, 0.717) is 11.5 Å². The average Bonchev–Trinajstić information content (AvgIpc) is 2.76. The predicted octanol–water partition coefficient (Wildman–Crippen LogP) is 10.1. The fraction of sp³-hybridized carbons (Fsp3) is 0.900. The first-order chi connectivity index (χ1) is 16.1. The van der Waals surface area contributed by atoms with Crippen molar-refractivity contribution in [2.24, 2.45) is 0 Å². The van der Waals surface area contributed by atoms with Crippen molar-refractivity contribution < 1.29 is 14.0 Å². The van der Waals surface area contributed by atoms with Crippen molar-refractivity contribution in [2.45, 2.75) is 168 Å². The Bertz CT molecular complexity index is 508. The molecule has 0 aliphatic rings. The fourth-order valence-corrected chi connectivity index (χ4v) is 4.86. The van der Waals surface area contributed by atoms with Crippen molar-refractivity contribution in [1.82, 2.24) is 0 Å². The zero-order valence-electron chi connectivity index (χ0n) is 24.2. The molecule has 0 bridgehead atoms. The van der Waals surface area contributed by atoms with Gasteiger partial charge in [0, 0.05) is 19.4 Å². The summed E-state index contributed by atoms with van der Waals surface area (Å²) in [5.41, 5.74) is 0. The summed E-state index contributed by atoms with van der Waals surface area (Å²) in [5, 5.41) is 0.311. The van der Waals surface area contributed by atoms with Gasteiger partial charge >= 0.3 is 5.97 Å². The van der Waals surface area contributed by atoms with Gasteiger partial charge in [-0.25, -0.2) is 0 Å². The Labute approximate surface area is 215 Å². The number of unbranched alkanes of at least 4 members (excludes halogenated alkanes) is 11. The molecular weight excluding hydrogens is 436 g/mol. The van der Waals surface area contributed by atoms with E-state index in [1.54, 1.807) is 0 Å². The minimum absolute atomic E-state index is 0.00273. The second-order valence-electron chi connectivity index (χ2n) is 11.6. The number of ether oxygens (including phenoxy) is 1. The highest BCUT2D eigenvalue weighted by molar-refractivity contribution is 6.74. The Balaban J connectivity index is 3.94. The summed E-state index contributed by atoms with van der Waals surface area (Å²) in [5.74, 6) is -0.00273. The van der Waals surface area contributed by atoms with E-state index in [-0.39, 0.29) is 12.1 Å². The standard InChI is InChI=1S/C30H60O3Si/c1-8-10-12-21-24-28(33-29(31)26-20-11-9-2)25-22-18-16-14-13-15-17-19-23-27-32-34(6,7)30(3,4)5/h18,22,28H,8-17,19-21,23-27H2,1-7H3/b22-18-/t28-/m1/s1. The first kappa shape index (κ1) is 33.4. The molecule has 0 aromatic heterocycles. The highest BCUT2D eigenvalue weighted by Crippen LogP contribution is 2.36. The molecule has 202 valence electrons.